The molecule has 2 amide bonds. The number of aromatic nitrogens is 4. The molecule has 3 aromatic rings. The molecule has 0 saturated heterocycles. The molecular formula is C14H7N5O4. The lowest BCUT2D eigenvalue weighted by Crippen LogP contribution is -2.33. The Hall–Kier alpha value is -3.62. The Kier molecular flexibility index (Phi) is 2.67. The summed E-state index contributed by atoms with van der Waals surface area (Å²) < 4.78 is 1.28. The van der Waals surface area contributed by atoms with E-state index in [0.717, 1.165) is 0 Å². The van der Waals surface area contributed by atoms with Crippen LogP contribution in [0.3, 0.4) is 0 Å². The third-order valence-corrected chi connectivity index (χ3v) is 3.23. The molecule has 0 radical (unpaired) electrons. The van der Waals surface area contributed by atoms with Gasteiger partial charge < -0.3 is 4.84 Å². The summed E-state index contributed by atoms with van der Waals surface area (Å²) in [5.74, 6) is -2.55. The first kappa shape index (κ1) is 13.1. The number of hydrogen-bond acceptors (Lipinski definition) is 7. The van der Waals surface area contributed by atoms with Crippen LogP contribution in [-0.2, 0) is 4.84 Å². The van der Waals surface area contributed by atoms with Crippen molar-refractivity contribution in [2.75, 3.05) is 0 Å². The lowest BCUT2D eigenvalue weighted by molar-refractivity contribution is -0.0592. The van der Waals surface area contributed by atoms with Gasteiger partial charge in [-0.1, -0.05) is 17.2 Å². The number of imide groups is 1. The molecule has 3 heterocycles. The molecule has 0 saturated carbocycles. The van der Waals surface area contributed by atoms with Gasteiger partial charge in [0.15, 0.2) is 0 Å². The van der Waals surface area contributed by atoms with Gasteiger partial charge in [0.2, 0.25) is 0 Å². The second-order valence-corrected chi connectivity index (χ2v) is 4.63. The highest BCUT2D eigenvalue weighted by Gasteiger charge is 2.39. The average Bonchev–Trinajstić information content (AvgIpc) is 3.11. The maximum absolute atomic E-state index is 12.1. The van der Waals surface area contributed by atoms with Crippen LogP contribution in [0.5, 0.6) is 0 Å². The Morgan fingerprint density at radius 2 is 1.74 bits per heavy atom. The van der Waals surface area contributed by atoms with E-state index >= 15 is 0 Å². The fourth-order valence-electron chi connectivity index (χ4n) is 2.19. The summed E-state index contributed by atoms with van der Waals surface area (Å²) in [6.45, 7) is 0. The van der Waals surface area contributed by atoms with Gasteiger partial charge in [-0.05, 0) is 18.2 Å². The third-order valence-electron chi connectivity index (χ3n) is 3.23. The van der Waals surface area contributed by atoms with Crippen LogP contribution in [0.15, 0.2) is 42.7 Å². The Morgan fingerprint density at radius 1 is 1.04 bits per heavy atom. The van der Waals surface area contributed by atoms with Crippen molar-refractivity contribution in [3.63, 3.8) is 0 Å². The van der Waals surface area contributed by atoms with E-state index in [1.165, 1.54) is 22.8 Å². The van der Waals surface area contributed by atoms with E-state index in [9.17, 15) is 14.4 Å². The lowest BCUT2D eigenvalue weighted by Gasteiger charge is -2.10. The van der Waals surface area contributed by atoms with Crippen molar-refractivity contribution in [1.82, 2.24) is 24.6 Å². The molecular weight excluding hydrogens is 302 g/mol. The zero-order chi connectivity index (χ0) is 16.0. The van der Waals surface area contributed by atoms with Gasteiger partial charge in [-0.2, -0.15) is 4.98 Å². The SMILES string of the molecule is O=C(ON1C(=O)c2ccccc2C1=O)c1nc2ncccn2n1. The molecule has 2 aromatic heterocycles. The summed E-state index contributed by atoms with van der Waals surface area (Å²) >= 11 is 0. The minimum absolute atomic E-state index is 0.176. The van der Waals surface area contributed by atoms with Gasteiger partial charge in [0.1, 0.15) is 0 Å². The van der Waals surface area contributed by atoms with Crippen molar-refractivity contribution in [3.05, 3.63) is 59.7 Å². The van der Waals surface area contributed by atoms with E-state index in [1.807, 2.05) is 0 Å². The monoisotopic (exact) mass is 309 g/mol. The van der Waals surface area contributed by atoms with E-state index in [4.69, 9.17) is 4.84 Å². The van der Waals surface area contributed by atoms with Crippen molar-refractivity contribution in [3.8, 4) is 0 Å². The van der Waals surface area contributed by atoms with E-state index < -0.39 is 17.8 Å². The highest BCUT2D eigenvalue weighted by molar-refractivity contribution is 6.21. The van der Waals surface area contributed by atoms with Gasteiger partial charge in [0.05, 0.1) is 11.1 Å². The number of carbonyl (C=O) groups is 3. The van der Waals surface area contributed by atoms with Crippen molar-refractivity contribution >= 4 is 23.6 Å². The van der Waals surface area contributed by atoms with Crippen LogP contribution in [0.25, 0.3) is 5.78 Å². The second kappa shape index (κ2) is 4.70. The largest absolute Gasteiger partial charge is 0.403 e. The van der Waals surface area contributed by atoms with Crippen LogP contribution in [0.2, 0.25) is 0 Å². The molecule has 0 aliphatic carbocycles. The molecule has 23 heavy (non-hydrogen) atoms. The number of hydroxylamine groups is 2. The molecule has 0 atom stereocenters. The Balaban J connectivity index is 1.62. The van der Waals surface area contributed by atoms with E-state index in [2.05, 4.69) is 15.1 Å². The molecule has 4 rings (SSSR count). The smallest absolute Gasteiger partial charge is 0.321 e. The number of fused-ring (bicyclic) bond motifs is 2. The van der Waals surface area contributed by atoms with Crippen LogP contribution >= 0.6 is 0 Å². The maximum atomic E-state index is 12.1. The standard InChI is InChI=1S/C14H7N5O4/c20-11-8-4-1-2-5-9(8)12(21)19(11)23-13(22)10-16-14-15-6-3-7-18(14)17-10/h1-7H. The number of amides is 2. The Bertz CT molecular complexity index is 912. The van der Waals surface area contributed by atoms with Crippen molar-refractivity contribution in [1.29, 1.82) is 0 Å². The quantitative estimate of drug-likeness (QED) is 0.634. The topological polar surface area (TPSA) is 107 Å². The molecule has 1 aliphatic heterocycles. The number of carbonyl (C=O) groups excluding carboxylic acids is 3. The fraction of sp³-hybridized carbons (Fsp3) is 0. The highest BCUT2D eigenvalue weighted by atomic mass is 16.7. The summed E-state index contributed by atoms with van der Waals surface area (Å²) in [4.78, 5) is 49.0. The first-order chi connectivity index (χ1) is 11.1. The number of benzene rings is 1. The van der Waals surface area contributed by atoms with Crippen molar-refractivity contribution in [2.24, 2.45) is 0 Å². The summed E-state index contributed by atoms with van der Waals surface area (Å²) in [7, 11) is 0. The molecule has 0 fully saturated rings. The van der Waals surface area contributed by atoms with Gasteiger partial charge in [-0.25, -0.2) is 14.3 Å². The first-order valence-corrected chi connectivity index (χ1v) is 6.52. The van der Waals surface area contributed by atoms with Gasteiger partial charge in [-0.3, -0.25) is 9.59 Å². The maximum Gasteiger partial charge on any atom is 0.403 e. The summed E-state index contributed by atoms with van der Waals surface area (Å²) in [5, 5.41) is 4.28. The minimum atomic E-state index is -1.02. The molecule has 0 unspecified atom stereocenters. The van der Waals surface area contributed by atoms with E-state index in [-0.39, 0.29) is 22.7 Å². The highest BCUT2D eigenvalue weighted by Crippen LogP contribution is 2.23. The number of hydrogen-bond donors (Lipinski definition) is 0. The van der Waals surface area contributed by atoms with Crippen LogP contribution < -0.4 is 0 Å². The molecule has 1 aromatic carbocycles. The predicted octanol–water partition coefficient (Wildman–Crippen LogP) is 0.492. The van der Waals surface area contributed by atoms with Gasteiger partial charge >= 0.3 is 5.97 Å². The van der Waals surface area contributed by atoms with E-state index in [0.29, 0.717) is 5.06 Å². The van der Waals surface area contributed by atoms with Gasteiger partial charge in [0.25, 0.3) is 23.4 Å². The number of rotatable bonds is 2. The fourth-order valence-corrected chi connectivity index (χ4v) is 2.19. The summed E-state index contributed by atoms with van der Waals surface area (Å²) in [6.07, 6.45) is 3.04. The zero-order valence-corrected chi connectivity index (χ0v) is 11.4. The normalized spacial score (nSPS) is 13.5. The van der Waals surface area contributed by atoms with Crippen LogP contribution in [-0.4, -0.2) is 42.4 Å². The molecule has 9 heteroatoms. The average molecular weight is 309 g/mol. The molecule has 1 aliphatic rings. The molecule has 0 spiro atoms. The molecule has 112 valence electrons. The lowest BCUT2D eigenvalue weighted by atomic mass is 10.1. The van der Waals surface area contributed by atoms with Crippen LogP contribution in [0.1, 0.15) is 31.3 Å². The predicted molar refractivity (Wildman–Crippen MR) is 73.1 cm³/mol. The molecule has 9 nitrogen and oxygen atoms in total. The summed E-state index contributed by atoms with van der Waals surface area (Å²) in [6, 6.07) is 7.81. The Morgan fingerprint density at radius 3 is 2.39 bits per heavy atom. The summed E-state index contributed by atoms with van der Waals surface area (Å²) in [5.41, 5.74) is 0.352. The zero-order valence-electron chi connectivity index (χ0n) is 11.4. The van der Waals surface area contributed by atoms with Crippen molar-refractivity contribution in [2.45, 2.75) is 0 Å². The third kappa shape index (κ3) is 1.94. The minimum Gasteiger partial charge on any atom is -0.321 e. The van der Waals surface area contributed by atoms with Gasteiger partial charge in [-0.15, -0.1) is 5.10 Å². The second-order valence-electron chi connectivity index (χ2n) is 4.63. The van der Waals surface area contributed by atoms with Crippen LogP contribution in [0, 0.1) is 0 Å². The van der Waals surface area contributed by atoms with Gasteiger partial charge in [0, 0.05) is 12.4 Å². The van der Waals surface area contributed by atoms with E-state index in [1.54, 1.807) is 24.4 Å². The Labute approximate surface area is 128 Å². The number of nitrogens with zero attached hydrogens (tertiary/aromatic N) is 5. The van der Waals surface area contributed by atoms with Crippen molar-refractivity contribution < 1.29 is 19.2 Å². The molecule has 0 N–H and O–H groups in total. The molecule has 0 bridgehead atoms. The first-order valence-electron chi connectivity index (χ1n) is 6.52. The van der Waals surface area contributed by atoms with Crippen LogP contribution in [0.4, 0.5) is 0 Å².